The molecule has 1 aromatic rings. The fourth-order valence-electron chi connectivity index (χ4n) is 1.92. The van der Waals surface area contributed by atoms with Crippen molar-refractivity contribution >= 4 is 15.9 Å². The molecule has 1 amide bonds. The molecule has 0 aromatic heterocycles. The van der Waals surface area contributed by atoms with Gasteiger partial charge in [0.15, 0.2) is 0 Å². The second-order valence-electron chi connectivity index (χ2n) is 4.85. The normalized spacial score (nSPS) is 12.8. The third kappa shape index (κ3) is 5.02. The van der Waals surface area contributed by atoms with Crippen molar-refractivity contribution in [2.45, 2.75) is 44.0 Å². The zero-order valence-electron chi connectivity index (χ0n) is 12.5. The minimum atomic E-state index is -3.88. The maximum atomic E-state index is 11.7. The fourth-order valence-corrected chi connectivity index (χ4v) is 2.65. The Morgan fingerprint density at radius 3 is 2.62 bits per heavy atom. The molecule has 7 heteroatoms. The number of benzene rings is 1. The number of unbranched alkanes of at least 4 members (excludes halogenated alkanes) is 1. The number of nitrogens with two attached hydrogens (primary N) is 1. The van der Waals surface area contributed by atoms with Crippen molar-refractivity contribution in [1.29, 1.82) is 0 Å². The molecule has 0 aliphatic heterocycles. The number of carbonyl (C=O) groups excluding carboxylic acids is 1. The molecule has 0 saturated heterocycles. The van der Waals surface area contributed by atoms with Gasteiger partial charge in [0.1, 0.15) is 10.6 Å². The zero-order valence-corrected chi connectivity index (χ0v) is 13.4. The van der Waals surface area contributed by atoms with Crippen LogP contribution in [0, 0.1) is 0 Å². The summed E-state index contributed by atoms with van der Waals surface area (Å²) >= 11 is 0. The smallest absolute Gasteiger partial charge is 0.241 e. The van der Waals surface area contributed by atoms with E-state index in [9.17, 15) is 13.2 Å². The Hall–Kier alpha value is -1.60. The van der Waals surface area contributed by atoms with Crippen molar-refractivity contribution in [3.05, 3.63) is 23.8 Å². The first kappa shape index (κ1) is 17.5. The van der Waals surface area contributed by atoms with E-state index in [1.807, 2.05) is 6.92 Å². The van der Waals surface area contributed by atoms with Gasteiger partial charge in [-0.3, -0.25) is 4.79 Å². The van der Waals surface area contributed by atoms with E-state index in [1.165, 1.54) is 19.2 Å². The molecular weight excluding hydrogens is 292 g/mol. The number of methoxy groups -OCH3 is 1. The molecular formula is C14H22N2O4S. The highest BCUT2D eigenvalue weighted by atomic mass is 32.2. The highest BCUT2D eigenvalue weighted by Gasteiger charge is 2.18. The molecule has 118 valence electrons. The van der Waals surface area contributed by atoms with Crippen molar-refractivity contribution in [3.8, 4) is 5.75 Å². The lowest BCUT2D eigenvalue weighted by atomic mass is 10.1. The van der Waals surface area contributed by atoms with Crippen LogP contribution in [-0.4, -0.2) is 21.4 Å². The van der Waals surface area contributed by atoms with Gasteiger partial charge in [-0.1, -0.05) is 19.4 Å². The molecule has 0 saturated carbocycles. The first-order chi connectivity index (χ1) is 9.79. The van der Waals surface area contributed by atoms with E-state index in [-0.39, 0.29) is 22.6 Å². The van der Waals surface area contributed by atoms with Gasteiger partial charge in [-0.05, 0) is 31.0 Å². The van der Waals surface area contributed by atoms with Gasteiger partial charge in [0.05, 0.1) is 13.2 Å². The monoisotopic (exact) mass is 314 g/mol. The number of primary sulfonamides is 1. The minimum Gasteiger partial charge on any atom is -0.495 e. The SMILES string of the molecule is CCCCC(=O)NC(C)c1ccc(OC)c(S(N)(=O)=O)c1. The van der Waals surface area contributed by atoms with E-state index >= 15 is 0 Å². The minimum absolute atomic E-state index is 0.0580. The third-order valence-electron chi connectivity index (χ3n) is 3.13. The van der Waals surface area contributed by atoms with Crippen LogP contribution in [0.2, 0.25) is 0 Å². The lowest BCUT2D eigenvalue weighted by Crippen LogP contribution is -2.26. The summed E-state index contributed by atoms with van der Waals surface area (Å²) in [7, 11) is -2.51. The molecule has 0 spiro atoms. The van der Waals surface area contributed by atoms with Crippen molar-refractivity contribution < 1.29 is 17.9 Å². The van der Waals surface area contributed by atoms with Crippen molar-refractivity contribution in [2.75, 3.05) is 7.11 Å². The van der Waals surface area contributed by atoms with Crippen LogP contribution in [0.25, 0.3) is 0 Å². The Morgan fingerprint density at radius 2 is 2.10 bits per heavy atom. The zero-order chi connectivity index (χ0) is 16.0. The van der Waals surface area contributed by atoms with Gasteiger partial charge in [0, 0.05) is 6.42 Å². The molecule has 1 unspecified atom stereocenters. The summed E-state index contributed by atoms with van der Waals surface area (Å²) in [4.78, 5) is 11.6. The van der Waals surface area contributed by atoms with Gasteiger partial charge in [0.25, 0.3) is 0 Å². The Kier molecular flexibility index (Phi) is 6.17. The standard InChI is InChI=1S/C14H22N2O4S/c1-4-5-6-14(17)16-10(2)11-7-8-12(20-3)13(9-11)21(15,18)19/h7-10H,4-6H2,1-3H3,(H,16,17)(H2,15,18,19). The number of hydrogen-bond donors (Lipinski definition) is 2. The van der Waals surface area contributed by atoms with Crippen molar-refractivity contribution in [3.63, 3.8) is 0 Å². The highest BCUT2D eigenvalue weighted by molar-refractivity contribution is 7.89. The molecule has 1 atom stereocenters. The average molecular weight is 314 g/mol. The Bertz CT molecular complexity index is 599. The number of sulfonamides is 1. The summed E-state index contributed by atoms with van der Waals surface area (Å²) in [6.07, 6.45) is 2.22. The van der Waals surface area contributed by atoms with Crippen LogP contribution in [0.4, 0.5) is 0 Å². The number of ether oxygens (including phenoxy) is 1. The van der Waals surface area contributed by atoms with E-state index in [0.29, 0.717) is 12.0 Å². The second kappa shape index (κ2) is 7.42. The van der Waals surface area contributed by atoms with Crippen LogP contribution in [0.1, 0.15) is 44.7 Å². The van der Waals surface area contributed by atoms with Crippen molar-refractivity contribution in [2.24, 2.45) is 5.14 Å². The summed E-state index contributed by atoms with van der Waals surface area (Å²) in [5.74, 6) is 0.128. The molecule has 1 aromatic carbocycles. The Morgan fingerprint density at radius 1 is 1.43 bits per heavy atom. The third-order valence-corrected chi connectivity index (χ3v) is 4.06. The van der Waals surface area contributed by atoms with Crippen molar-refractivity contribution in [1.82, 2.24) is 5.32 Å². The maximum absolute atomic E-state index is 11.7. The first-order valence-electron chi connectivity index (χ1n) is 6.79. The van der Waals surface area contributed by atoms with Gasteiger partial charge >= 0.3 is 0 Å². The topological polar surface area (TPSA) is 98.5 Å². The molecule has 3 N–H and O–H groups in total. The number of carbonyl (C=O) groups is 1. The molecule has 0 aliphatic rings. The van der Waals surface area contributed by atoms with Crippen LogP contribution in [0.3, 0.4) is 0 Å². The molecule has 21 heavy (non-hydrogen) atoms. The van der Waals surface area contributed by atoms with E-state index in [4.69, 9.17) is 9.88 Å². The maximum Gasteiger partial charge on any atom is 0.241 e. The summed E-state index contributed by atoms with van der Waals surface area (Å²) < 4.78 is 28.1. The van der Waals surface area contributed by atoms with Gasteiger partial charge in [-0.2, -0.15) is 0 Å². The van der Waals surface area contributed by atoms with Gasteiger partial charge < -0.3 is 10.1 Å². The highest BCUT2D eigenvalue weighted by Crippen LogP contribution is 2.26. The van der Waals surface area contributed by atoms with Gasteiger partial charge in [0.2, 0.25) is 15.9 Å². The summed E-state index contributed by atoms with van der Waals surface area (Å²) in [6, 6.07) is 4.36. The van der Waals surface area contributed by atoms with Gasteiger partial charge in [-0.25, -0.2) is 13.6 Å². The van der Waals surface area contributed by atoms with E-state index in [2.05, 4.69) is 5.32 Å². The van der Waals surface area contributed by atoms with Crippen LogP contribution >= 0.6 is 0 Å². The largest absolute Gasteiger partial charge is 0.495 e. The molecule has 0 heterocycles. The quantitative estimate of drug-likeness (QED) is 0.800. The van der Waals surface area contributed by atoms with E-state index in [1.54, 1.807) is 13.0 Å². The number of nitrogens with one attached hydrogen (secondary N) is 1. The second-order valence-corrected chi connectivity index (χ2v) is 6.38. The molecule has 6 nitrogen and oxygen atoms in total. The van der Waals surface area contributed by atoms with E-state index < -0.39 is 10.0 Å². The molecule has 0 radical (unpaired) electrons. The average Bonchev–Trinajstić information content (AvgIpc) is 2.43. The van der Waals surface area contributed by atoms with Crippen LogP contribution < -0.4 is 15.2 Å². The van der Waals surface area contributed by atoms with Crippen LogP contribution in [0.5, 0.6) is 5.75 Å². The lowest BCUT2D eigenvalue weighted by Gasteiger charge is -2.16. The lowest BCUT2D eigenvalue weighted by molar-refractivity contribution is -0.121. The molecule has 0 aliphatic carbocycles. The van der Waals surface area contributed by atoms with Crippen LogP contribution in [-0.2, 0) is 14.8 Å². The number of hydrogen-bond acceptors (Lipinski definition) is 4. The van der Waals surface area contributed by atoms with E-state index in [0.717, 1.165) is 12.8 Å². The number of rotatable bonds is 7. The predicted molar refractivity (Wildman–Crippen MR) is 80.4 cm³/mol. The first-order valence-corrected chi connectivity index (χ1v) is 8.34. The van der Waals surface area contributed by atoms with Crippen LogP contribution in [0.15, 0.2) is 23.1 Å². The number of amides is 1. The Balaban J connectivity index is 2.96. The molecule has 1 rings (SSSR count). The summed E-state index contributed by atoms with van der Waals surface area (Å²) in [5, 5.41) is 8.01. The fraction of sp³-hybridized carbons (Fsp3) is 0.500. The Labute approximate surface area is 125 Å². The molecule has 0 fully saturated rings. The predicted octanol–water partition coefficient (Wildman–Crippen LogP) is 1.71. The molecule has 0 bridgehead atoms. The summed E-state index contributed by atoms with van der Waals surface area (Å²) in [5.41, 5.74) is 0.657. The van der Waals surface area contributed by atoms with Gasteiger partial charge in [-0.15, -0.1) is 0 Å². The summed E-state index contributed by atoms with van der Waals surface area (Å²) in [6.45, 7) is 3.80.